The first kappa shape index (κ1) is 33.2. The van der Waals surface area contributed by atoms with Crippen molar-refractivity contribution >= 4 is 0 Å². The Balaban J connectivity index is -0.0000000133. The molecule has 0 radical (unpaired) electrons. The largest absolute Gasteiger partial charge is 0.412 e. The molecule has 0 aromatic heterocycles. The summed E-state index contributed by atoms with van der Waals surface area (Å²) in [6.45, 7) is 2.40. The molecule has 0 aliphatic heterocycles. The van der Waals surface area contributed by atoms with E-state index in [0.717, 1.165) is 12.8 Å². The van der Waals surface area contributed by atoms with Crippen molar-refractivity contribution < 1.29 is 47.7 Å². The van der Waals surface area contributed by atoms with Crippen LogP contribution >= 0.6 is 0 Å². The van der Waals surface area contributed by atoms with Crippen molar-refractivity contribution in [1.29, 1.82) is 0 Å². The Morgan fingerprint density at radius 3 is 1.44 bits per heavy atom. The molecule has 0 aliphatic carbocycles. The molecule has 0 aromatic carbocycles. The molecule has 0 aromatic rings. The zero-order chi connectivity index (χ0) is 4.12. The fourth-order valence-corrected chi connectivity index (χ4v) is 0.158. The monoisotopic (exact) mass is 218 g/mol. The maximum absolute atomic E-state index is 8.07. The van der Waals surface area contributed by atoms with Crippen LogP contribution in [0.2, 0.25) is 0 Å². The summed E-state index contributed by atoms with van der Waals surface area (Å²) in [5.41, 5.74) is 0. The van der Waals surface area contributed by atoms with Gasteiger partial charge in [-0.15, -0.1) is 0 Å². The van der Waals surface area contributed by atoms with Crippen LogP contribution in [0.3, 0.4) is 0 Å². The zero-order valence-corrected chi connectivity index (χ0v) is 8.03. The summed E-state index contributed by atoms with van der Waals surface area (Å²) < 4.78 is 0. The molecular formula is C4H16O4Zr. The average Bonchev–Trinajstić information content (AvgIpc) is 1.41. The topological polar surface area (TPSA) is 115 Å². The van der Waals surface area contributed by atoms with Gasteiger partial charge < -0.3 is 21.5 Å². The van der Waals surface area contributed by atoms with Crippen LogP contribution in [-0.2, 0) is 26.2 Å². The summed E-state index contributed by atoms with van der Waals surface area (Å²) in [5.74, 6) is 0. The van der Waals surface area contributed by atoms with Gasteiger partial charge in [0.15, 0.2) is 0 Å². The number of rotatable bonds is 2. The molecule has 60 valence electrons. The van der Waals surface area contributed by atoms with Crippen LogP contribution in [0.1, 0.15) is 19.8 Å². The van der Waals surface area contributed by atoms with E-state index in [1.807, 2.05) is 0 Å². The smallest absolute Gasteiger partial charge is 0.0430 e. The van der Waals surface area contributed by atoms with E-state index in [-0.39, 0.29) is 42.6 Å². The molecule has 9 heavy (non-hydrogen) atoms. The van der Waals surface area contributed by atoms with Crippen molar-refractivity contribution in [1.82, 2.24) is 0 Å². The minimum atomic E-state index is 0. The molecule has 0 saturated carbocycles. The number of aliphatic hydroxyl groups is 1. The van der Waals surface area contributed by atoms with E-state index < -0.39 is 0 Å². The third-order valence-electron chi connectivity index (χ3n) is 0.512. The first-order valence-corrected chi connectivity index (χ1v) is 2.02. The van der Waals surface area contributed by atoms with Crippen LogP contribution in [-0.4, -0.2) is 28.1 Å². The van der Waals surface area contributed by atoms with Gasteiger partial charge >= 0.3 is 0 Å². The quantitative estimate of drug-likeness (QED) is 0.586. The Morgan fingerprint density at radius 2 is 1.44 bits per heavy atom. The van der Waals surface area contributed by atoms with Crippen molar-refractivity contribution in [3.8, 4) is 0 Å². The van der Waals surface area contributed by atoms with Crippen LogP contribution in [0.25, 0.3) is 0 Å². The third-order valence-corrected chi connectivity index (χ3v) is 0.512. The molecule has 4 nitrogen and oxygen atoms in total. The maximum atomic E-state index is 8.07. The predicted octanol–water partition coefficient (Wildman–Crippen LogP) is -1.70. The molecule has 0 unspecified atom stereocenters. The standard InChI is InChI=1S/C4H10O.3H2O.Zr/c1-2-3-4-5;;;;/h5H,2-4H2,1H3;3*1H2;. The first-order chi connectivity index (χ1) is 2.41. The number of unbranched alkanes of at least 4 members (excludes halogenated alkanes) is 1. The Hall–Kier alpha value is 0.723. The Kier molecular flexibility index (Phi) is 138. The van der Waals surface area contributed by atoms with Gasteiger partial charge in [-0.3, -0.25) is 0 Å². The molecule has 0 heterocycles. The summed E-state index contributed by atoms with van der Waals surface area (Å²) >= 11 is 0. The fourth-order valence-electron chi connectivity index (χ4n) is 0.158. The van der Waals surface area contributed by atoms with E-state index in [1.165, 1.54) is 0 Å². The summed E-state index contributed by atoms with van der Waals surface area (Å²) in [5, 5.41) is 8.07. The van der Waals surface area contributed by atoms with E-state index in [4.69, 9.17) is 5.11 Å². The summed E-state index contributed by atoms with van der Waals surface area (Å²) in [6.07, 6.45) is 2.04. The van der Waals surface area contributed by atoms with Gasteiger partial charge in [-0.25, -0.2) is 0 Å². The second-order valence-electron chi connectivity index (χ2n) is 1.08. The van der Waals surface area contributed by atoms with Crippen LogP contribution in [0.4, 0.5) is 0 Å². The van der Waals surface area contributed by atoms with E-state index in [0.29, 0.717) is 6.61 Å². The molecule has 0 atom stereocenters. The molecule has 0 bridgehead atoms. The van der Waals surface area contributed by atoms with Crippen molar-refractivity contribution in [2.75, 3.05) is 6.61 Å². The third kappa shape index (κ3) is 53.2. The second-order valence-corrected chi connectivity index (χ2v) is 1.08. The Labute approximate surface area is 74.3 Å². The summed E-state index contributed by atoms with van der Waals surface area (Å²) in [4.78, 5) is 0. The number of hydrogen-bond donors (Lipinski definition) is 1. The fraction of sp³-hybridized carbons (Fsp3) is 1.00. The van der Waals surface area contributed by atoms with Gasteiger partial charge in [-0.05, 0) is 6.42 Å². The van der Waals surface area contributed by atoms with Crippen molar-refractivity contribution in [3.63, 3.8) is 0 Å². The van der Waals surface area contributed by atoms with Crippen LogP contribution in [0, 0.1) is 0 Å². The summed E-state index contributed by atoms with van der Waals surface area (Å²) in [7, 11) is 0. The molecule has 0 fully saturated rings. The molecule has 0 aliphatic rings. The van der Waals surface area contributed by atoms with Crippen molar-refractivity contribution in [2.24, 2.45) is 0 Å². The molecule has 5 heteroatoms. The molecule has 7 N–H and O–H groups in total. The van der Waals surface area contributed by atoms with Crippen molar-refractivity contribution in [3.05, 3.63) is 0 Å². The summed E-state index contributed by atoms with van der Waals surface area (Å²) in [6, 6.07) is 0. The minimum absolute atomic E-state index is 0. The van der Waals surface area contributed by atoms with Gasteiger partial charge in [0.1, 0.15) is 0 Å². The molecule has 0 spiro atoms. The van der Waals surface area contributed by atoms with Gasteiger partial charge in [0.25, 0.3) is 0 Å². The van der Waals surface area contributed by atoms with Gasteiger partial charge in [0.2, 0.25) is 0 Å². The van der Waals surface area contributed by atoms with E-state index >= 15 is 0 Å². The van der Waals surface area contributed by atoms with Gasteiger partial charge in [-0.2, -0.15) is 0 Å². The predicted molar refractivity (Wildman–Crippen MR) is 32.8 cm³/mol. The van der Waals surface area contributed by atoms with E-state index in [9.17, 15) is 0 Å². The average molecular weight is 219 g/mol. The Bertz CT molecular complexity index is 20.0. The first-order valence-electron chi connectivity index (χ1n) is 2.02. The number of aliphatic hydroxyl groups excluding tert-OH is 1. The Morgan fingerprint density at radius 1 is 1.11 bits per heavy atom. The van der Waals surface area contributed by atoms with E-state index in [2.05, 4.69) is 6.92 Å². The molecule has 0 saturated heterocycles. The second kappa shape index (κ2) is 37.5. The molecule has 0 amide bonds. The molecular weight excluding hydrogens is 203 g/mol. The van der Waals surface area contributed by atoms with Gasteiger partial charge in [-0.1, -0.05) is 13.3 Å². The van der Waals surface area contributed by atoms with Crippen molar-refractivity contribution in [2.45, 2.75) is 19.8 Å². The van der Waals surface area contributed by atoms with Crippen LogP contribution in [0.15, 0.2) is 0 Å². The van der Waals surface area contributed by atoms with E-state index in [1.54, 1.807) is 0 Å². The van der Waals surface area contributed by atoms with Gasteiger partial charge in [0.05, 0.1) is 0 Å². The SMILES string of the molecule is CCCCO.O.O.O.[Zr]. The zero-order valence-electron chi connectivity index (χ0n) is 5.57. The van der Waals surface area contributed by atoms with Crippen LogP contribution < -0.4 is 0 Å². The minimum Gasteiger partial charge on any atom is -0.412 e. The number of hydrogen-bond acceptors (Lipinski definition) is 1. The van der Waals surface area contributed by atoms with Crippen LogP contribution in [0.5, 0.6) is 0 Å². The van der Waals surface area contributed by atoms with Gasteiger partial charge in [0, 0.05) is 32.8 Å². The normalized spacial score (nSPS) is 4.67. The molecule has 0 rings (SSSR count). The maximum Gasteiger partial charge on any atom is 0.0430 e.